The van der Waals surface area contributed by atoms with Gasteiger partial charge in [0.25, 0.3) is 0 Å². The smallest absolute Gasteiger partial charge is 0.241 e. The van der Waals surface area contributed by atoms with Gasteiger partial charge in [0, 0.05) is 36.0 Å². The highest BCUT2D eigenvalue weighted by Gasteiger charge is 2.49. The second kappa shape index (κ2) is 10.1. The zero-order valence-electron chi connectivity index (χ0n) is 19.8. The van der Waals surface area contributed by atoms with E-state index in [1.54, 1.807) is 0 Å². The molecule has 2 saturated heterocycles. The van der Waals surface area contributed by atoms with Crippen LogP contribution in [-0.4, -0.2) is 60.6 Å². The maximum atomic E-state index is 12.8. The molecule has 0 saturated carbocycles. The van der Waals surface area contributed by atoms with E-state index in [0.29, 0.717) is 0 Å². The average Bonchev–Trinajstić information content (AvgIpc) is 3.14. The minimum absolute atomic E-state index is 0.258. The Morgan fingerprint density at radius 1 is 0.879 bits per heavy atom. The summed E-state index contributed by atoms with van der Waals surface area (Å²) in [6.07, 6.45) is 6.68. The summed E-state index contributed by atoms with van der Waals surface area (Å²) < 4.78 is 0. The molecule has 2 aromatic carbocycles. The van der Waals surface area contributed by atoms with Crippen molar-refractivity contribution in [1.29, 1.82) is 0 Å². The monoisotopic (exact) mass is 464 g/mol. The molecule has 1 spiro atoms. The predicted octanol–water partition coefficient (Wildman–Crippen LogP) is 5.09. The molecule has 0 aliphatic carbocycles. The van der Waals surface area contributed by atoms with Gasteiger partial charge in [0.15, 0.2) is 0 Å². The van der Waals surface area contributed by atoms with E-state index in [-0.39, 0.29) is 11.4 Å². The van der Waals surface area contributed by atoms with Crippen molar-refractivity contribution in [2.24, 2.45) is 0 Å². The first-order chi connectivity index (χ1) is 16.2. The Morgan fingerprint density at radius 3 is 2.21 bits per heavy atom. The van der Waals surface area contributed by atoms with Gasteiger partial charge in [-0.2, -0.15) is 0 Å². The molecule has 3 heterocycles. The van der Waals surface area contributed by atoms with Gasteiger partial charge >= 0.3 is 0 Å². The van der Waals surface area contributed by atoms with Crippen LogP contribution in [0.15, 0.2) is 58.3 Å². The number of para-hydroxylation sites is 2. The zero-order valence-corrected chi connectivity index (χ0v) is 20.6. The quantitative estimate of drug-likeness (QED) is 0.551. The first-order valence-electron chi connectivity index (χ1n) is 12.6. The highest BCUT2D eigenvalue weighted by atomic mass is 32.2. The zero-order chi connectivity index (χ0) is 22.7. The highest BCUT2D eigenvalue weighted by molar-refractivity contribution is 7.99. The van der Waals surface area contributed by atoms with Crippen molar-refractivity contribution < 1.29 is 4.79 Å². The number of hydrogen-bond donors (Lipinski definition) is 1. The highest BCUT2D eigenvalue weighted by Crippen LogP contribution is 2.47. The fourth-order valence-corrected chi connectivity index (χ4v) is 6.73. The van der Waals surface area contributed by atoms with Crippen molar-refractivity contribution in [1.82, 2.24) is 15.1 Å². The van der Waals surface area contributed by atoms with Crippen molar-refractivity contribution in [3.63, 3.8) is 0 Å². The topological polar surface area (TPSA) is 38.8 Å². The standard InChI is InChI=1S/C27H36N4OS/c1-2-3-8-17-30-21-28-26(32)27(30)14-19-29(20-15-27)16-9-18-31-22-10-4-6-12-24(22)33-25-13-7-5-11-23(25)31/h4-7,10-13H,2-3,8-9,14-21H2,1H3,(H,28,32). The van der Waals surface area contributed by atoms with Gasteiger partial charge in [0.05, 0.1) is 18.0 Å². The Balaban J connectivity index is 1.18. The Morgan fingerprint density at radius 2 is 1.55 bits per heavy atom. The summed E-state index contributed by atoms with van der Waals surface area (Å²) in [5.41, 5.74) is 2.39. The predicted molar refractivity (Wildman–Crippen MR) is 136 cm³/mol. The van der Waals surface area contributed by atoms with Crippen molar-refractivity contribution in [3.8, 4) is 0 Å². The molecule has 1 amide bonds. The third-order valence-corrected chi connectivity index (χ3v) is 8.69. The molecule has 3 aliphatic heterocycles. The molecular formula is C27H36N4OS. The molecule has 0 aromatic heterocycles. The molecule has 5 nitrogen and oxygen atoms in total. The average molecular weight is 465 g/mol. The van der Waals surface area contributed by atoms with Crippen molar-refractivity contribution >= 4 is 29.0 Å². The second-order valence-corrected chi connectivity index (χ2v) is 10.6. The van der Waals surface area contributed by atoms with Gasteiger partial charge in [-0.3, -0.25) is 9.69 Å². The number of carbonyl (C=O) groups is 1. The van der Waals surface area contributed by atoms with Gasteiger partial charge in [0.1, 0.15) is 5.54 Å². The molecule has 2 aromatic rings. The van der Waals surface area contributed by atoms with E-state index in [1.807, 2.05) is 11.8 Å². The van der Waals surface area contributed by atoms with Crippen LogP contribution in [0.1, 0.15) is 45.4 Å². The number of fused-ring (bicyclic) bond motifs is 2. The summed E-state index contributed by atoms with van der Waals surface area (Å²) in [6.45, 7) is 8.14. The summed E-state index contributed by atoms with van der Waals surface area (Å²) >= 11 is 1.87. The van der Waals surface area contributed by atoms with Crippen LogP contribution in [0, 0.1) is 0 Å². The number of rotatable bonds is 8. The van der Waals surface area contributed by atoms with Crippen LogP contribution in [0.2, 0.25) is 0 Å². The molecule has 0 unspecified atom stereocenters. The molecule has 6 heteroatoms. The van der Waals surface area contributed by atoms with Gasteiger partial charge in [0.2, 0.25) is 5.91 Å². The number of likely N-dealkylation sites (tertiary alicyclic amines) is 1. The molecular weight excluding hydrogens is 428 g/mol. The molecule has 176 valence electrons. The Labute approximate surface area is 202 Å². The summed E-state index contributed by atoms with van der Waals surface area (Å²) in [5, 5.41) is 3.14. The van der Waals surface area contributed by atoms with E-state index in [9.17, 15) is 4.79 Å². The van der Waals surface area contributed by atoms with Crippen LogP contribution < -0.4 is 10.2 Å². The number of nitrogens with zero attached hydrogens (tertiary/aromatic N) is 3. The number of piperidine rings is 1. The van der Waals surface area contributed by atoms with E-state index in [0.717, 1.165) is 58.7 Å². The maximum Gasteiger partial charge on any atom is 0.241 e. The largest absolute Gasteiger partial charge is 0.342 e. The van der Waals surface area contributed by atoms with Crippen LogP contribution in [0.25, 0.3) is 0 Å². The van der Waals surface area contributed by atoms with Gasteiger partial charge in [-0.05, 0) is 56.5 Å². The lowest BCUT2D eigenvalue weighted by Crippen LogP contribution is -2.56. The molecule has 2 fully saturated rings. The van der Waals surface area contributed by atoms with Gasteiger partial charge < -0.3 is 15.1 Å². The maximum absolute atomic E-state index is 12.8. The summed E-state index contributed by atoms with van der Waals surface area (Å²) in [5.74, 6) is 0.262. The van der Waals surface area contributed by atoms with Crippen LogP contribution in [0.5, 0.6) is 0 Å². The molecule has 0 bridgehead atoms. The summed E-state index contributed by atoms with van der Waals surface area (Å²) in [7, 11) is 0. The Bertz CT molecular complexity index is 927. The summed E-state index contributed by atoms with van der Waals surface area (Å²) in [4.78, 5) is 22.9. The molecule has 0 radical (unpaired) electrons. The van der Waals surface area contributed by atoms with Gasteiger partial charge in [-0.15, -0.1) is 0 Å². The lowest BCUT2D eigenvalue weighted by atomic mass is 9.86. The third-order valence-electron chi connectivity index (χ3n) is 7.56. The summed E-state index contributed by atoms with van der Waals surface area (Å²) in [6, 6.07) is 17.5. The van der Waals surface area contributed by atoms with E-state index < -0.39 is 0 Å². The van der Waals surface area contributed by atoms with E-state index in [2.05, 4.69) is 75.5 Å². The Kier molecular flexibility index (Phi) is 6.95. The van der Waals surface area contributed by atoms with Crippen molar-refractivity contribution in [2.45, 2.75) is 60.8 Å². The lowest BCUT2D eigenvalue weighted by molar-refractivity contribution is -0.129. The number of nitrogens with one attached hydrogen (secondary N) is 1. The number of anilines is 2. The Hall–Kier alpha value is -2.02. The SMILES string of the molecule is CCCCCN1CNC(=O)C12CCN(CCCN1c3ccccc3Sc3ccccc31)CC2. The van der Waals surface area contributed by atoms with Crippen LogP contribution >= 0.6 is 11.8 Å². The molecule has 0 atom stereocenters. The number of unbranched alkanes of at least 4 members (excludes halogenated alkanes) is 2. The van der Waals surface area contributed by atoms with Crippen LogP contribution in [0.4, 0.5) is 11.4 Å². The van der Waals surface area contributed by atoms with E-state index in [4.69, 9.17) is 0 Å². The van der Waals surface area contributed by atoms with Crippen molar-refractivity contribution in [3.05, 3.63) is 48.5 Å². The van der Waals surface area contributed by atoms with E-state index in [1.165, 1.54) is 40.4 Å². The first-order valence-corrected chi connectivity index (χ1v) is 13.4. The lowest BCUT2D eigenvalue weighted by Gasteiger charge is -2.42. The first kappa shape index (κ1) is 22.8. The fourth-order valence-electron chi connectivity index (χ4n) is 5.64. The van der Waals surface area contributed by atoms with Gasteiger partial charge in [-0.1, -0.05) is 55.8 Å². The van der Waals surface area contributed by atoms with Gasteiger partial charge in [-0.25, -0.2) is 0 Å². The fraction of sp³-hybridized carbons (Fsp3) is 0.519. The molecule has 3 aliphatic rings. The number of benzene rings is 2. The molecule has 1 N–H and O–H groups in total. The van der Waals surface area contributed by atoms with Crippen LogP contribution in [0.3, 0.4) is 0 Å². The minimum Gasteiger partial charge on any atom is -0.342 e. The second-order valence-electron chi connectivity index (χ2n) is 9.55. The third kappa shape index (κ3) is 4.53. The van der Waals surface area contributed by atoms with E-state index >= 15 is 0 Å². The number of carbonyl (C=O) groups excluding carboxylic acids is 1. The number of amides is 1. The molecule has 5 rings (SSSR count). The molecule has 33 heavy (non-hydrogen) atoms. The minimum atomic E-state index is -0.258. The normalized spacial score (nSPS) is 20.0. The number of hydrogen-bond acceptors (Lipinski definition) is 5. The van der Waals surface area contributed by atoms with Crippen LogP contribution in [-0.2, 0) is 4.79 Å². The van der Waals surface area contributed by atoms with Crippen molar-refractivity contribution in [2.75, 3.05) is 44.3 Å².